The van der Waals surface area contributed by atoms with Gasteiger partial charge in [-0.25, -0.2) is 0 Å². The van der Waals surface area contributed by atoms with E-state index in [4.69, 9.17) is 0 Å². The maximum absolute atomic E-state index is 2.70. The van der Waals surface area contributed by atoms with Crippen LogP contribution < -0.4 is 0 Å². The van der Waals surface area contributed by atoms with Crippen molar-refractivity contribution >= 4 is 0 Å². The van der Waals surface area contributed by atoms with Crippen molar-refractivity contribution in [1.82, 2.24) is 4.90 Å². The zero-order valence-corrected chi connectivity index (χ0v) is 18.8. The topological polar surface area (TPSA) is 3.24 Å². The first-order valence-corrected chi connectivity index (χ1v) is 10.8. The van der Waals surface area contributed by atoms with Crippen LogP contribution >= 0.6 is 0 Å². The van der Waals surface area contributed by atoms with Crippen molar-refractivity contribution in [2.75, 3.05) is 13.1 Å². The van der Waals surface area contributed by atoms with Crippen molar-refractivity contribution in [3.05, 3.63) is 35.4 Å². The van der Waals surface area contributed by atoms with Crippen LogP contribution in [0.5, 0.6) is 0 Å². The molecule has 1 fully saturated rings. The number of hydrogen-bond acceptors (Lipinski definition) is 1. The highest BCUT2D eigenvalue weighted by molar-refractivity contribution is 5.32. The summed E-state index contributed by atoms with van der Waals surface area (Å²) < 4.78 is 0. The van der Waals surface area contributed by atoms with Crippen LogP contribution in [0, 0.1) is 5.41 Å². The monoisotopic (exact) mass is 357 g/mol. The fourth-order valence-electron chi connectivity index (χ4n) is 5.15. The van der Waals surface area contributed by atoms with E-state index < -0.39 is 0 Å². The van der Waals surface area contributed by atoms with Crippen LogP contribution in [0.2, 0.25) is 0 Å². The van der Waals surface area contributed by atoms with Crippen molar-refractivity contribution in [2.24, 2.45) is 5.41 Å². The van der Waals surface area contributed by atoms with E-state index in [0.29, 0.717) is 11.5 Å². The predicted molar refractivity (Wildman–Crippen MR) is 116 cm³/mol. The van der Waals surface area contributed by atoms with Crippen molar-refractivity contribution in [1.29, 1.82) is 0 Å². The molecule has 26 heavy (non-hydrogen) atoms. The molecule has 1 atom stereocenters. The standard InChI is InChI=1S/C25H43N/c1-20(26-16-10-9-11-17-26)18-24(5,6)21-12-14-22(15-13-21)25(7,8)19-23(2,3)4/h12-15,20H,9-11,16-19H2,1-8H3. The lowest BCUT2D eigenvalue weighted by Crippen LogP contribution is -2.40. The van der Waals surface area contributed by atoms with Gasteiger partial charge >= 0.3 is 0 Å². The SMILES string of the molecule is CC(CC(C)(C)c1ccc(C(C)(C)CC(C)(C)C)cc1)N1CCCCC1. The second-order valence-electron chi connectivity index (χ2n) is 11.2. The molecule has 0 spiro atoms. The minimum absolute atomic E-state index is 0.224. The second kappa shape index (κ2) is 8.05. The molecule has 0 saturated carbocycles. The highest BCUT2D eigenvalue weighted by Crippen LogP contribution is 2.37. The zero-order chi connectivity index (χ0) is 19.6. The van der Waals surface area contributed by atoms with Crippen LogP contribution in [-0.2, 0) is 10.8 Å². The van der Waals surface area contributed by atoms with E-state index in [9.17, 15) is 0 Å². The van der Waals surface area contributed by atoms with Crippen molar-refractivity contribution in [2.45, 2.75) is 104 Å². The highest BCUT2D eigenvalue weighted by atomic mass is 15.2. The van der Waals surface area contributed by atoms with Crippen LogP contribution in [0.1, 0.15) is 98.6 Å². The Balaban J connectivity index is 2.08. The van der Waals surface area contributed by atoms with Gasteiger partial charge in [0, 0.05) is 6.04 Å². The van der Waals surface area contributed by atoms with E-state index in [2.05, 4.69) is 84.6 Å². The largest absolute Gasteiger partial charge is 0.301 e. The fourth-order valence-corrected chi connectivity index (χ4v) is 5.15. The number of hydrogen-bond donors (Lipinski definition) is 0. The van der Waals surface area contributed by atoms with E-state index in [1.54, 1.807) is 0 Å². The maximum Gasteiger partial charge on any atom is 0.00752 e. The van der Waals surface area contributed by atoms with Gasteiger partial charge < -0.3 is 4.90 Å². The molecule has 1 aliphatic rings. The predicted octanol–water partition coefficient (Wildman–Crippen LogP) is 6.94. The minimum Gasteiger partial charge on any atom is -0.301 e. The van der Waals surface area contributed by atoms with Gasteiger partial charge in [-0.1, -0.05) is 79.2 Å². The van der Waals surface area contributed by atoms with Gasteiger partial charge in [0.1, 0.15) is 0 Å². The van der Waals surface area contributed by atoms with Crippen LogP contribution in [0.15, 0.2) is 24.3 Å². The van der Waals surface area contributed by atoms with Gasteiger partial charge in [0.25, 0.3) is 0 Å². The van der Waals surface area contributed by atoms with Crippen LogP contribution in [0.25, 0.3) is 0 Å². The van der Waals surface area contributed by atoms with E-state index in [1.165, 1.54) is 56.3 Å². The Morgan fingerprint density at radius 2 is 1.23 bits per heavy atom. The fraction of sp³-hybridized carbons (Fsp3) is 0.760. The van der Waals surface area contributed by atoms with Gasteiger partial charge in [0.05, 0.1) is 0 Å². The number of likely N-dealkylation sites (tertiary alicyclic amines) is 1. The summed E-state index contributed by atoms with van der Waals surface area (Å²) in [6.07, 6.45) is 6.61. The summed E-state index contributed by atoms with van der Waals surface area (Å²) in [5.41, 5.74) is 3.75. The molecule has 2 rings (SSSR count). The first-order valence-electron chi connectivity index (χ1n) is 10.8. The number of benzene rings is 1. The molecule has 1 aromatic carbocycles. The minimum atomic E-state index is 0.224. The second-order valence-corrected chi connectivity index (χ2v) is 11.2. The van der Waals surface area contributed by atoms with Gasteiger partial charge in [-0.05, 0) is 73.1 Å². The molecule has 1 aliphatic heterocycles. The van der Waals surface area contributed by atoms with Crippen LogP contribution in [0.4, 0.5) is 0 Å². The van der Waals surface area contributed by atoms with Crippen molar-refractivity contribution in [3.63, 3.8) is 0 Å². The molecule has 0 aliphatic carbocycles. The van der Waals surface area contributed by atoms with E-state index in [-0.39, 0.29) is 10.8 Å². The van der Waals surface area contributed by atoms with Crippen LogP contribution in [-0.4, -0.2) is 24.0 Å². The summed E-state index contributed by atoms with van der Waals surface area (Å²) in [5, 5.41) is 0. The van der Waals surface area contributed by atoms with Crippen molar-refractivity contribution in [3.8, 4) is 0 Å². The van der Waals surface area contributed by atoms with Gasteiger partial charge in [-0.3, -0.25) is 0 Å². The molecule has 0 aromatic heterocycles. The van der Waals surface area contributed by atoms with E-state index in [1.807, 2.05) is 0 Å². The molecule has 1 heterocycles. The summed E-state index contributed by atoms with van der Waals surface area (Å²) in [6, 6.07) is 10.2. The molecule has 1 aromatic rings. The van der Waals surface area contributed by atoms with Gasteiger partial charge in [-0.15, -0.1) is 0 Å². The molecule has 0 radical (unpaired) electrons. The average molecular weight is 358 g/mol. The summed E-state index contributed by atoms with van der Waals surface area (Å²) in [4.78, 5) is 2.70. The molecule has 148 valence electrons. The molecule has 0 amide bonds. The number of piperidine rings is 1. The molecule has 1 nitrogen and oxygen atoms in total. The lowest BCUT2D eigenvalue weighted by molar-refractivity contribution is 0.149. The molecule has 1 unspecified atom stereocenters. The van der Waals surface area contributed by atoms with E-state index >= 15 is 0 Å². The Morgan fingerprint density at radius 3 is 1.69 bits per heavy atom. The molecule has 1 heteroatoms. The van der Waals surface area contributed by atoms with E-state index in [0.717, 1.165) is 0 Å². The molecule has 0 N–H and O–H groups in total. The Bertz CT molecular complexity index is 553. The Labute approximate surface area is 163 Å². The Hall–Kier alpha value is -0.820. The normalized spacial score (nSPS) is 18.8. The lowest BCUT2D eigenvalue weighted by Gasteiger charge is -2.38. The first-order chi connectivity index (χ1) is 11.9. The zero-order valence-electron chi connectivity index (χ0n) is 18.8. The number of nitrogens with zero attached hydrogens (tertiary/aromatic N) is 1. The maximum atomic E-state index is 2.70. The summed E-state index contributed by atoms with van der Waals surface area (Å²) in [7, 11) is 0. The third-order valence-corrected chi connectivity index (χ3v) is 6.24. The smallest absolute Gasteiger partial charge is 0.00752 e. The van der Waals surface area contributed by atoms with Crippen molar-refractivity contribution < 1.29 is 0 Å². The third-order valence-electron chi connectivity index (χ3n) is 6.24. The lowest BCUT2D eigenvalue weighted by atomic mass is 9.71. The summed E-state index contributed by atoms with van der Waals surface area (Å²) in [6.45, 7) is 21.6. The first kappa shape index (κ1) is 21.5. The number of rotatable bonds is 6. The van der Waals surface area contributed by atoms with Gasteiger partial charge in [-0.2, -0.15) is 0 Å². The van der Waals surface area contributed by atoms with Crippen LogP contribution in [0.3, 0.4) is 0 Å². The average Bonchev–Trinajstić information content (AvgIpc) is 2.53. The Morgan fingerprint density at radius 1 is 0.769 bits per heavy atom. The molecule has 0 bridgehead atoms. The summed E-state index contributed by atoms with van der Waals surface area (Å²) in [5.74, 6) is 0. The van der Waals surface area contributed by atoms with Gasteiger partial charge in [0.15, 0.2) is 0 Å². The molecular formula is C25H43N. The molecular weight excluding hydrogens is 314 g/mol. The summed E-state index contributed by atoms with van der Waals surface area (Å²) >= 11 is 0. The quantitative estimate of drug-likeness (QED) is 0.533. The Kier molecular flexibility index (Phi) is 6.65. The highest BCUT2D eigenvalue weighted by Gasteiger charge is 2.29. The third kappa shape index (κ3) is 5.84. The molecule has 1 saturated heterocycles. The van der Waals surface area contributed by atoms with Gasteiger partial charge in [0.2, 0.25) is 0 Å².